The first-order valence-electron chi connectivity index (χ1n) is 8.99. The molecule has 0 radical (unpaired) electrons. The monoisotopic (exact) mass is 825 g/mol. The third-order valence-corrected chi connectivity index (χ3v) is 10.7. The second-order valence-electron chi connectivity index (χ2n) is 6.57. The average molecular weight is 831 g/mol. The molecule has 1 aromatic heterocycles. The first-order chi connectivity index (χ1) is 15.6. The summed E-state index contributed by atoms with van der Waals surface area (Å²) in [5, 5.41) is 0. The zero-order chi connectivity index (χ0) is 24.0. The maximum Gasteiger partial charge on any atom is 0.345 e. The minimum absolute atomic E-state index is 0.277. The van der Waals surface area contributed by atoms with E-state index >= 15 is 0 Å². The Bertz CT molecular complexity index is 1390. The van der Waals surface area contributed by atoms with Crippen LogP contribution in [0.15, 0.2) is 95.8 Å². The van der Waals surface area contributed by atoms with E-state index < -0.39 is 17.1 Å². The highest BCUT2D eigenvalue weighted by Gasteiger charge is 2.23. The molecule has 0 aliphatic carbocycles. The third-order valence-electron chi connectivity index (χ3n) is 4.66. The Morgan fingerprint density at radius 2 is 0.667 bits per heavy atom. The lowest BCUT2D eigenvalue weighted by Gasteiger charge is -2.17. The maximum absolute atomic E-state index is 13.7. The number of rotatable bonds is 3. The van der Waals surface area contributed by atoms with E-state index in [1.165, 1.54) is 0 Å². The zero-order valence-corrected chi connectivity index (χ0v) is 25.5. The van der Waals surface area contributed by atoms with Crippen molar-refractivity contribution in [3.63, 3.8) is 0 Å². The standard InChI is InChI=1S/C21H9Br6N3O3/c22-10-4-1-7-13(16(10)25)28-19(31)29(14-8-2-5-11(23)17(14)26)21(33)30(20(28)32)15-9-3-6-12(24)18(15)27/h1-9H. The van der Waals surface area contributed by atoms with Gasteiger partial charge in [0.15, 0.2) is 0 Å². The molecular formula is C21H9Br6N3O3. The van der Waals surface area contributed by atoms with E-state index in [0.29, 0.717) is 26.8 Å². The molecule has 0 unspecified atom stereocenters. The fourth-order valence-electron chi connectivity index (χ4n) is 3.16. The number of hydrogen-bond donors (Lipinski definition) is 0. The van der Waals surface area contributed by atoms with Crippen LogP contribution in [0.4, 0.5) is 0 Å². The first kappa shape index (κ1) is 25.1. The molecular weight excluding hydrogens is 822 g/mol. The predicted molar refractivity (Wildman–Crippen MR) is 149 cm³/mol. The summed E-state index contributed by atoms with van der Waals surface area (Å²) >= 11 is 20.6. The fraction of sp³-hybridized carbons (Fsp3) is 0. The van der Waals surface area contributed by atoms with Crippen LogP contribution < -0.4 is 17.1 Å². The molecule has 4 rings (SSSR count). The lowest BCUT2D eigenvalue weighted by molar-refractivity contribution is 0.656. The van der Waals surface area contributed by atoms with Gasteiger partial charge in [0.05, 0.1) is 30.5 Å². The van der Waals surface area contributed by atoms with E-state index in [1.54, 1.807) is 54.6 Å². The van der Waals surface area contributed by atoms with E-state index in [2.05, 4.69) is 95.6 Å². The Hall–Kier alpha value is -1.05. The van der Waals surface area contributed by atoms with Crippen molar-refractivity contribution in [1.29, 1.82) is 0 Å². The molecule has 0 bridgehead atoms. The third kappa shape index (κ3) is 4.38. The van der Waals surface area contributed by atoms with Gasteiger partial charge in [0, 0.05) is 13.4 Å². The molecule has 0 N–H and O–H groups in total. The normalized spacial score (nSPS) is 11.1. The van der Waals surface area contributed by atoms with Gasteiger partial charge in [-0.1, -0.05) is 18.2 Å². The topological polar surface area (TPSA) is 66.0 Å². The largest absolute Gasteiger partial charge is 0.345 e. The lowest BCUT2D eigenvalue weighted by Crippen LogP contribution is -2.53. The Balaban J connectivity index is 2.27. The maximum atomic E-state index is 13.7. The summed E-state index contributed by atoms with van der Waals surface area (Å²) in [6.07, 6.45) is 0. The quantitative estimate of drug-likeness (QED) is 0.231. The van der Waals surface area contributed by atoms with Gasteiger partial charge in [-0.05, 0) is 132 Å². The van der Waals surface area contributed by atoms with E-state index in [1.807, 2.05) is 0 Å². The first-order valence-corrected chi connectivity index (χ1v) is 13.7. The molecule has 0 saturated heterocycles. The van der Waals surface area contributed by atoms with E-state index in [9.17, 15) is 14.4 Å². The Morgan fingerprint density at radius 1 is 0.424 bits per heavy atom. The molecule has 12 heteroatoms. The van der Waals surface area contributed by atoms with Crippen molar-refractivity contribution in [2.24, 2.45) is 0 Å². The summed E-state index contributed by atoms with van der Waals surface area (Å²) in [6.45, 7) is 0. The van der Waals surface area contributed by atoms with Gasteiger partial charge in [0.1, 0.15) is 0 Å². The van der Waals surface area contributed by atoms with Crippen LogP contribution in [0.2, 0.25) is 0 Å². The zero-order valence-electron chi connectivity index (χ0n) is 16.0. The molecule has 0 saturated carbocycles. The van der Waals surface area contributed by atoms with Crippen LogP contribution in [0.25, 0.3) is 17.1 Å². The van der Waals surface area contributed by atoms with Crippen molar-refractivity contribution in [2.45, 2.75) is 0 Å². The SMILES string of the molecule is O=c1n(-c2cccc(Br)c2Br)c(=O)n(-c2cccc(Br)c2Br)c(=O)n1-c1cccc(Br)c1Br. The molecule has 0 aliphatic rings. The molecule has 0 fully saturated rings. The molecule has 33 heavy (non-hydrogen) atoms. The molecule has 6 nitrogen and oxygen atoms in total. The number of aromatic nitrogens is 3. The van der Waals surface area contributed by atoms with Crippen LogP contribution in [0.1, 0.15) is 0 Å². The second-order valence-corrected chi connectivity index (χ2v) is 11.5. The van der Waals surface area contributed by atoms with Gasteiger partial charge in [-0.15, -0.1) is 0 Å². The number of benzene rings is 3. The predicted octanol–water partition coefficient (Wildman–Crippen LogP) is 6.71. The summed E-state index contributed by atoms with van der Waals surface area (Å²) in [5.41, 5.74) is -1.61. The highest BCUT2D eigenvalue weighted by molar-refractivity contribution is 9.13. The Morgan fingerprint density at radius 3 is 0.909 bits per heavy atom. The molecule has 0 atom stereocenters. The van der Waals surface area contributed by atoms with Gasteiger partial charge < -0.3 is 0 Å². The number of nitrogens with zero attached hydrogens (tertiary/aromatic N) is 3. The second kappa shape index (κ2) is 9.90. The Kier molecular flexibility index (Phi) is 7.52. The highest BCUT2D eigenvalue weighted by Crippen LogP contribution is 2.31. The van der Waals surface area contributed by atoms with Crippen LogP contribution in [-0.2, 0) is 0 Å². The lowest BCUT2D eigenvalue weighted by atomic mass is 10.3. The smallest absolute Gasteiger partial charge is 0.246 e. The molecule has 0 spiro atoms. The van der Waals surface area contributed by atoms with Gasteiger partial charge in [0.2, 0.25) is 0 Å². The molecule has 1 heterocycles. The minimum Gasteiger partial charge on any atom is -0.246 e. The van der Waals surface area contributed by atoms with Crippen LogP contribution in [0.5, 0.6) is 0 Å². The minimum atomic E-state index is -0.815. The van der Waals surface area contributed by atoms with E-state index in [0.717, 1.165) is 13.7 Å². The highest BCUT2D eigenvalue weighted by atomic mass is 79.9. The summed E-state index contributed by atoms with van der Waals surface area (Å²) in [4.78, 5) is 41.1. The number of hydrogen-bond acceptors (Lipinski definition) is 3. The summed E-state index contributed by atoms with van der Waals surface area (Å²) in [5.74, 6) is 0. The molecule has 0 amide bonds. The van der Waals surface area contributed by atoms with Crippen molar-refractivity contribution in [2.75, 3.05) is 0 Å². The van der Waals surface area contributed by atoms with Gasteiger partial charge in [-0.3, -0.25) is 0 Å². The van der Waals surface area contributed by atoms with Gasteiger partial charge in [-0.25, -0.2) is 28.1 Å². The molecule has 4 aromatic rings. The molecule has 3 aromatic carbocycles. The van der Waals surface area contributed by atoms with E-state index in [-0.39, 0.29) is 17.1 Å². The van der Waals surface area contributed by atoms with Crippen LogP contribution in [0, 0.1) is 0 Å². The average Bonchev–Trinajstić information content (AvgIpc) is 2.77. The van der Waals surface area contributed by atoms with Crippen LogP contribution in [-0.4, -0.2) is 13.7 Å². The van der Waals surface area contributed by atoms with Gasteiger partial charge >= 0.3 is 17.1 Å². The van der Waals surface area contributed by atoms with Crippen LogP contribution in [0.3, 0.4) is 0 Å². The van der Waals surface area contributed by atoms with Crippen molar-refractivity contribution >= 4 is 95.6 Å². The van der Waals surface area contributed by atoms with Crippen molar-refractivity contribution in [1.82, 2.24) is 13.7 Å². The summed E-state index contributed by atoms with van der Waals surface area (Å²) in [6, 6.07) is 15.2. The van der Waals surface area contributed by atoms with Crippen molar-refractivity contribution in [3.05, 3.63) is 113 Å². The molecule has 0 aliphatic heterocycles. The number of halogens is 6. The fourth-order valence-corrected chi connectivity index (χ4v) is 5.55. The van der Waals surface area contributed by atoms with E-state index in [4.69, 9.17) is 0 Å². The molecule has 168 valence electrons. The van der Waals surface area contributed by atoms with Crippen LogP contribution >= 0.6 is 95.6 Å². The van der Waals surface area contributed by atoms with Crippen molar-refractivity contribution in [3.8, 4) is 17.1 Å². The Labute approximate surface area is 237 Å². The van der Waals surface area contributed by atoms with Gasteiger partial charge in [-0.2, -0.15) is 0 Å². The summed E-state index contributed by atoms with van der Waals surface area (Å²) in [7, 11) is 0. The van der Waals surface area contributed by atoms with Crippen molar-refractivity contribution < 1.29 is 0 Å². The summed E-state index contributed by atoms with van der Waals surface area (Å²) < 4.78 is 6.26. The van der Waals surface area contributed by atoms with Gasteiger partial charge in [0.25, 0.3) is 0 Å².